The van der Waals surface area contributed by atoms with Crippen LogP contribution in [0.1, 0.15) is 134 Å². The van der Waals surface area contributed by atoms with Crippen molar-refractivity contribution in [3.63, 3.8) is 0 Å². The van der Waals surface area contributed by atoms with Gasteiger partial charge in [-0.2, -0.15) is 0 Å². The van der Waals surface area contributed by atoms with Gasteiger partial charge in [0, 0.05) is 59.8 Å². The van der Waals surface area contributed by atoms with Gasteiger partial charge in [0.05, 0.1) is 6.42 Å². The molecule has 0 N–H and O–H groups in total. The number of esters is 3. The molecule has 2 rings (SSSR count). The van der Waals surface area contributed by atoms with Gasteiger partial charge in [-0.05, 0) is 103 Å². The summed E-state index contributed by atoms with van der Waals surface area (Å²) < 4.78 is 18.1. The minimum atomic E-state index is -1.39. The van der Waals surface area contributed by atoms with E-state index in [4.69, 9.17) is 14.2 Å². The molecule has 0 radical (unpaired) electrons. The third-order valence-electron chi connectivity index (χ3n) is 11.2. The van der Waals surface area contributed by atoms with Crippen molar-refractivity contribution in [1.82, 2.24) is 14.7 Å². The van der Waals surface area contributed by atoms with E-state index in [9.17, 15) is 14.4 Å². The lowest BCUT2D eigenvalue weighted by Gasteiger charge is -2.53. The van der Waals surface area contributed by atoms with Gasteiger partial charge in [-0.15, -0.1) is 0 Å². The highest BCUT2D eigenvalue weighted by Crippen LogP contribution is 2.40. The van der Waals surface area contributed by atoms with Gasteiger partial charge in [-0.25, -0.2) is 0 Å². The van der Waals surface area contributed by atoms with Crippen LogP contribution in [0.4, 0.5) is 0 Å². The molecule has 1 atom stereocenters. The quantitative estimate of drug-likeness (QED) is 0.133. The SMILES string of the molecule is CCCC(CC(C)(C)N(C)CC)OC(=O)CC(C(=O)OC1CC(C)(C)N(C)C(C)(C)C1)C(=O)OC1CC(C)(C)N(C)C(C)(C)C1. The van der Waals surface area contributed by atoms with E-state index in [-0.39, 0.29) is 46.0 Å². The van der Waals surface area contributed by atoms with Gasteiger partial charge in [0.1, 0.15) is 18.3 Å². The predicted octanol–water partition coefficient (Wildman–Crippen LogP) is 6.21. The number of ether oxygens (including phenoxy) is 3. The first-order valence-electron chi connectivity index (χ1n) is 17.2. The van der Waals surface area contributed by atoms with E-state index in [0.29, 0.717) is 38.5 Å². The van der Waals surface area contributed by atoms with Crippen molar-refractivity contribution in [2.24, 2.45) is 5.92 Å². The molecule has 2 aliphatic heterocycles. The Morgan fingerprint density at radius 2 is 1.16 bits per heavy atom. The van der Waals surface area contributed by atoms with E-state index >= 15 is 0 Å². The standard InChI is InChI=1S/C36H67N3O6/c1-16-18-25(20-32(3,4)37(13)17-2)43-29(40)19-28(30(41)44-26-21-33(5,6)38(14)34(7,8)22-26)31(42)45-27-23-35(9,10)39(15)36(11,12)24-27/h25-28H,16-24H2,1-15H3. The summed E-state index contributed by atoms with van der Waals surface area (Å²) in [5.74, 6) is -3.37. The second-order valence-corrected chi connectivity index (χ2v) is 17.0. The van der Waals surface area contributed by atoms with Crippen LogP contribution in [0, 0.1) is 5.92 Å². The summed E-state index contributed by atoms with van der Waals surface area (Å²) in [6.45, 7) is 26.4. The molecule has 0 aliphatic carbocycles. The molecular weight excluding hydrogens is 570 g/mol. The van der Waals surface area contributed by atoms with Crippen LogP contribution in [-0.4, -0.2) is 106 Å². The summed E-state index contributed by atoms with van der Waals surface area (Å²) in [4.78, 5) is 48.0. The van der Waals surface area contributed by atoms with Crippen molar-refractivity contribution in [1.29, 1.82) is 0 Å². The van der Waals surface area contributed by atoms with Gasteiger partial charge in [-0.3, -0.25) is 24.2 Å². The minimum absolute atomic E-state index is 0.187. The van der Waals surface area contributed by atoms with Crippen LogP contribution in [0.3, 0.4) is 0 Å². The molecule has 0 aromatic heterocycles. The second-order valence-electron chi connectivity index (χ2n) is 17.0. The Bertz CT molecular complexity index is 944. The highest BCUT2D eigenvalue weighted by atomic mass is 16.6. The fourth-order valence-electron chi connectivity index (χ4n) is 7.55. The number of piperidine rings is 2. The zero-order valence-electron chi connectivity index (χ0n) is 31.5. The monoisotopic (exact) mass is 638 g/mol. The fraction of sp³-hybridized carbons (Fsp3) is 0.917. The van der Waals surface area contributed by atoms with E-state index < -0.39 is 30.2 Å². The average Bonchev–Trinajstić information content (AvgIpc) is 2.87. The molecule has 0 aromatic carbocycles. The number of likely N-dealkylation sites (tertiary alicyclic amines) is 2. The van der Waals surface area contributed by atoms with Gasteiger partial charge in [-0.1, -0.05) is 20.3 Å². The molecule has 9 heteroatoms. The fourth-order valence-corrected chi connectivity index (χ4v) is 7.55. The molecule has 0 aromatic rings. The van der Waals surface area contributed by atoms with Crippen molar-refractivity contribution in [2.45, 2.75) is 180 Å². The summed E-state index contributed by atoms with van der Waals surface area (Å²) in [6.07, 6.45) is 3.20. The van der Waals surface area contributed by atoms with Crippen LogP contribution in [0.15, 0.2) is 0 Å². The summed E-state index contributed by atoms with van der Waals surface area (Å²) in [5, 5.41) is 0. The topological polar surface area (TPSA) is 88.6 Å². The normalized spacial score (nSPS) is 23.1. The van der Waals surface area contributed by atoms with Crippen molar-refractivity contribution >= 4 is 17.9 Å². The van der Waals surface area contributed by atoms with Crippen molar-refractivity contribution in [3.05, 3.63) is 0 Å². The highest BCUT2D eigenvalue weighted by molar-refractivity contribution is 5.98. The summed E-state index contributed by atoms with van der Waals surface area (Å²) in [5.41, 5.74) is -1.03. The smallest absolute Gasteiger partial charge is 0.321 e. The lowest BCUT2D eigenvalue weighted by Crippen LogP contribution is -2.61. The minimum Gasteiger partial charge on any atom is -0.462 e. The first-order valence-corrected chi connectivity index (χ1v) is 17.2. The number of carbonyl (C=O) groups excluding carboxylic acids is 3. The van der Waals surface area contributed by atoms with Crippen LogP contribution in [0.5, 0.6) is 0 Å². The predicted molar refractivity (Wildman–Crippen MR) is 180 cm³/mol. The maximum absolute atomic E-state index is 13.8. The maximum Gasteiger partial charge on any atom is 0.321 e. The van der Waals surface area contributed by atoms with Crippen LogP contribution >= 0.6 is 0 Å². The third kappa shape index (κ3) is 10.1. The van der Waals surface area contributed by atoms with Crippen molar-refractivity contribution < 1.29 is 28.6 Å². The molecule has 0 spiro atoms. The van der Waals surface area contributed by atoms with E-state index in [1.807, 2.05) is 0 Å². The van der Waals surface area contributed by atoms with Crippen LogP contribution < -0.4 is 0 Å². The maximum atomic E-state index is 13.8. The Morgan fingerprint density at radius 3 is 1.49 bits per heavy atom. The Kier molecular flexibility index (Phi) is 12.8. The first-order chi connectivity index (χ1) is 20.4. The highest BCUT2D eigenvalue weighted by Gasteiger charge is 2.48. The molecule has 2 fully saturated rings. The lowest BCUT2D eigenvalue weighted by atomic mass is 9.78. The molecule has 2 aliphatic rings. The van der Waals surface area contributed by atoms with Crippen LogP contribution in [0.2, 0.25) is 0 Å². The van der Waals surface area contributed by atoms with E-state index in [1.165, 1.54) is 0 Å². The number of hydrogen-bond donors (Lipinski definition) is 0. The Morgan fingerprint density at radius 1 is 0.778 bits per heavy atom. The van der Waals surface area contributed by atoms with Gasteiger partial charge in [0.2, 0.25) is 0 Å². The molecule has 0 saturated carbocycles. The zero-order valence-corrected chi connectivity index (χ0v) is 31.5. The van der Waals surface area contributed by atoms with E-state index in [2.05, 4.69) is 119 Å². The zero-order chi connectivity index (χ0) is 34.8. The Balaban J connectivity index is 2.30. The Hall–Kier alpha value is -1.71. The van der Waals surface area contributed by atoms with E-state index in [0.717, 1.165) is 13.0 Å². The number of nitrogens with zero attached hydrogens (tertiary/aromatic N) is 3. The molecule has 9 nitrogen and oxygen atoms in total. The molecular formula is C36H67N3O6. The molecule has 0 bridgehead atoms. The van der Waals surface area contributed by atoms with Gasteiger partial charge < -0.3 is 19.1 Å². The molecule has 0 amide bonds. The number of carbonyl (C=O) groups is 3. The summed E-state index contributed by atoms with van der Waals surface area (Å²) >= 11 is 0. The number of hydrogen-bond acceptors (Lipinski definition) is 9. The van der Waals surface area contributed by atoms with Gasteiger partial charge >= 0.3 is 17.9 Å². The molecule has 45 heavy (non-hydrogen) atoms. The molecule has 2 heterocycles. The average molecular weight is 638 g/mol. The van der Waals surface area contributed by atoms with Crippen molar-refractivity contribution in [2.75, 3.05) is 27.7 Å². The molecule has 2 saturated heterocycles. The first kappa shape index (κ1) is 39.5. The van der Waals surface area contributed by atoms with Crippen molar-refractivity contribution in [3.8, 4) is 0 Å². The van der Waals surface area contributed by atoms with Gasteiger partial charge in [0.15, 0.2) is 5.92 Å². The molecule has 1 unspecified atom stereocenters. The van der Waals surface area contributed by atoms with Crippen LogP contribution in [0.25, 0.3) is 0 Å². The summed E-state index contributed by atoms with van der Waals surface area (Å²) in [7, 11) is 6.24. The van der Waals surface area contributed by atoms with Crippen LogP contribution in [-0.2, 0) is 28.6 Å². The molecule has 262 valence electrons. The largest absolute Gasteiger partial charge is 0.462 e. The van der Waals surface area contributed by atoms with Gasteiger partial charge in [0.25, 0.3) is 0 Å². The number of rotatable bonds is 13. The third-order valence-corrected chi connectivity index (χ3v) is 11.2. The second kappa shape index (κ2) is 14.6. The Labute approximate surface area is 275 Å². The summed E-state index contributed by atoms with van der Waals surface area (Å²) in [6, 6.07) is 0. The lowest BCUT2D eigenvalue weighted by molar-refractivity contribution is -0.181. The van der Waals surface area contributed by atoms with E-state index in [1.54, 1.807) is 0 Å².